The fourth-order valence-electron chi connectivity index (χ4n) is 6.05. The molecule has 242 valence electrons. The van der Waals surface area contributed by atoms with Crippen molar-refractivity contribution >= 4 is 45.0 Å². The van der Waals surface area contributed by atoms with Gasteiger partial charge in [0.1, 0.15) is 0 Å². The van der Waals surface area contributed by atoms with Gasteiger partial charge in [0.15, 0.2) is 0 Å². The topological polar surface area (TPSA) is 95.6 Å². The maximum absolute atomic E-state index is 15.2. The largest absolute Gasteiger partial charge is 0.349 e. The minimum absolute atomic E-state index is 0.180. The number of nitrogens with one attached hydrogen (secondary N) is 2. The van der Waals surface area contributed by atoms with Gasteiger partial charge < -0.3 is 10.2 Å². The lowest BCUT2D eigenvalue weighted by atomic mass is 9.76. The average Bonchev–Trinajstić information content (AvgIpc) is 2.95. The Labute approximate surface area is 273 Å². The predicted octanol–water partition coefficient (Wildman–Crippen LogP) is 6.96. The van der Waals surface area contributed by atoms with Gasteiger partial charge in [-0.15, -0.1) is 0 Å². The first-order valence-electron chi connectivity index (χ1n) is 14.6. The first-order valence-corrected chi connectivity index (χ1v) is 17.3. The molecule has 1 aliphatic heterocycles. The third-order valence-electron chi connectivity index (χ3n) is 8.18. The molecule has 2 aromatic rings. The van der Waals surface area contributed by atoms with E-state index in [9.17, 15) is 18.0 Å². The molecule has 2 aliphatic rings. The number of halogens is 4. The van der Waals surface area contributed by atoms with Crippen LogP contribution < -0.4 is 10.0 Å². The molecule has 1 saturated carbocycles. The SMILES string of the molecule is C=C(C)/C=C\C=C(/C)C(F)(F)CNC(=O)[C@@H]1c2ccccc2C(=O)N([C@H]2CCCC[C@@H]2NS(C)(=O)=O)[C@H]1c1ccc(Cl)cc1Cl. The first-order chi connectivity index (χ1) is 21.1. The van der Waals surface area contributed by atoms with Gasteiger partial charge in [0, 0.05) is 27.7 Å². The Morgan fingerprint density at radius 3 is 2.47 bits per heavy atom. The molecular weight excluding hydrogens is 643 g/mol. The van der Waals surface area contributed by atoms with Crippen LogP contribution in [0.25, 0.3) is 0 Å². The highest BCUT2D eigenvalue weighted by Gasteiger charge is 2.49. The summed E-state index contributed by atoms with van der Waals surface area (Å²) in [5, 5.41) is 2.95. The van der Waals surface area contributed by atoms with Gasteiger partial charge in [0.05, 0.1) is 24.8 Å². The van der Waals surface area contributed by atoms with Crippen molar-refractivity contribution in [3.05, 3.63) is 105 Å². The molecule has 0 aromatic heterocycles. The zero-order chi connectivity index (χ0) is 33.1. The number of alkyl halides is 2. The van der Waals surface area contributed by atoms with Gasteiger partial charge in [0.25, 0.3) is 11.8 Å². The van der Waals surface area contributed by atoms with Crippen LogP contribution in [-0.2, 0) is 14.8 Å². The summed E-state index contributed by atoms with van der Waals surface area (Å²) in [7, 11) is -3.65. The quantitative estimate of drug-likeness (QED) is 0.265. The molecule has 2 amide bonds. The third-order valence-corrected chi connectivity index (χ3v) is 9.47. The summed E-state index contributed by atoms with van der Waals surface area (Å²) >= 11 is 12.9. The van der Waals surface area contributed by atoms with Crippen molar-refractivity contribution in [3.8, 4) is 0 Å². The molecule has 2 N–H and O–H groups in total. The maximum atomic E-state index is 15.2. The van der Waals surface area contributed by atoms with E-state index in [1.54, 1.807) is 49.4 Å². The summed E-state index contributed by atoms with van der Waals surface area (Å²) in [5.74, 6) is -5.67. The van der Waals surface area contributed by atoms with Gasteiger partial charge in [-0.25, -0.2) is 13.1 Å². The Bertz CT molecular complexity index is 1640. The van der Waals surface area contributed by atoms with Crippen LogP contribution >= 0.6 is 23.2 Å². The minimum atomic E-state index is -3.65. The fourth-order valence-corrected chi connectivity index (χ4v) is 7.40. The van der Waals surface area contributed by atoms with Gasteiger partial charge in [-0.05, 0) is 61.6 Å². The van der Waals surface area contributed by atoms with Crippen molar-refractivity contribution in [2.45, 2.75) is 69.5 Å². The van der Waals surface area contributed by atoms with E-state index in [2.05, 4.69) is 16.6 Å². The minimum Gasteiger partial charge on any atom is -0.349 e. The lowest BCUT2D eigenvalue weighted by Crippen LogP contribution is -2.59. The van der Waals surface area contributed by atoms with E-state index in [-0.39, 0.29) is 16.2 Å². The summed E-state index contributed by atoms with van der Waals surface area (Å²) < 4.78 is 57.8. The standard InChI is InChI=1S/C33H37Cl2F2N3O4S/c1-20(2)10-9-11-21(3)33(36,37)19-38-31(41)29-23-12-5-6-13-24(23)32(42)40(30(29)25-17-16-22(34)18-26(25)35)28-15-8-7-14-27(28)39-45(4,43)44/h5-6,9-13,16-18,27-30,39H,1,7-8,14-15,19H2,2-4H3,(H,38,41)/b10-9-,21-11+/t27-,28-,29+,30-/m0/s1. The maximum Gasteiger partial charge on any atom is 0.286 e. The number of nitrogens with zero attached hydrogens (tertiary/aromatic N) is 1. The monoisotopic (exact) mass is 679 g/mol. The third kappa shape index (κ3) is 8.22. The number of benzene rings is 2. The predicted molar refractivity (Wildman–Crippen MR) is 174 cm³/mol. The molecule has 1 heterocycles. The highest BCUT2D eigenvalue weighted by Crippen LogP contribution is 2.48. The Kier molecular flexibility index (Phi) is 11.0. The molecule has 1 fully saturated rings. The van der Waals surface area contributed by atoms with Crippen molar-refractivity contribution < 1.29 is 26.8 Å². The van der Waals surface area contributed by atoms with E-state index in [1.165, 1.54) is 30.0 Å². The second-order valence-corrected chi connectivity index (χ2v) is 14.3. The zero-order valence-electron chi connectivity index (χ0n) is 25.3. The lowest BCUT2D eigenvalue weighted by molar-refractivity contribution is -0.126. The smallest absolute Gasteiger partial charge is 0.286 e. The molecule has 0 unspecified atom stereocenters. The highest BCUT2D eigenvalue weighted by atomic mass is 35.5. The zero-order valence-corrected chi connectivity index (χ0v) is 27.7. The molecule has 45 heavy (non-hydrogen) atoms. The van der Waals surface area contributed by atoms with Crippen molar-refractivity contribution in [2.75, 3.05) is 12.8 Å². The normalized spacial score (nSPS) is 22.8. The van der Waals surface area contributed by atoms with Crippen LogP contribution in [0.2, 0.25) is 10.0 Å². The number of carbonyl (C=O) groups is 2. The summed E-state index contributed by atoms with van der Waals surface area (Å²) in [6, 6.07) is 8.90. The summed E-state index contributed by atoms with van der Waals surface area (Å²) in [6.45, 7) is 5.75. The van der Waals surface area contributed by atoms with E-state index >= 15 is 8.78 Å². The Morgan fingerprint density at radius 1 is 1.11 bits per heavy atom. The van der Waals surface area contributed by atoms with E-state index in [0.29, 0.717) is 41.0 Å². The van der Waals surface area contributed by atoms with Crippen molar-refractivity contribution in [3.63, 3.8) is 0 Å². The van der Waals surface area contributed by atoms with Gasteiger partial charge in [0.2, 0.25) is 15.9 Å². The number of hydrogen-bond donors (Lipinski definition) is 2. The highest BCUT2D eigenvalue weighted by molar-refractivity contribution is 7.88. The summed E-state index contributed by atoms with van der Waals surface area (Å²) in [6.07, 6.45) is 7.77. The molecule has 4 atom stereocenters. The summed E-state index contributed by atoms with van der Waals surface area (Å²) in [5.41, 5.74) is 1.42. The second-order valence-electron chi connectivity index (χ2n) is 11.7. The fraction of sp³-hybridized carbons (Fsp3) is 0.394. The molecule has 7 nitrogen and oxygen atoms in total. The van der Waals surface area contributed by atoms with Crippen molar-refractivity contribution in [1.82, 2.24) is 14.9 Å². The Morgan fingerprint density at radius 2 is 1.80 bits per heavy atom. The molecule has 0 bridgehead atoms. The van der Waals surface area contributed by atoms with Crippen molar-refractivity contribution in [2.24, 2.45) is 0 Å². The number of allylic oxidation sites excluding steroid dienone is 4. The van der Waals surface area contributed by atoms with Crippen LogP contribution in [0.3, 0.4) is 0 Å². The number of rotatable bonds is 10. The Hall–Kier alpha value is -3.05. The number of amides is 2. The molecule has 2 aromatic carbocycles. The molecule has 1 aliphatic carbocycles. The van der Waals surface area contributed by atoms with Gasteiger partial charge in [-0.1, -0.05) is 90.7 Å². The number of fused-ring (bicyclic) bond motifs is 1. The van der Waals surface area contributed by atoms with E-state index < -0.39 is 58.3 Å². The first kappa shape index (κ1) is 34.8. The summed E-state index contributed by atoms with van der Waals surface area (Å²) in [4.78, 5) is 30.0. The van der Waals surface area contributed by atoms with Crippen LogP contribution in [0.4, 0.5) is 8.78 Å². The van der Waals surface area contributed by atoms with Crippen LogP contribution in [0, 0.1) is 0 Å². The molecule has 12 heteroatoms. The second kappa shape index (κ2) is 14.2. The van der Waals surface area contributed by atoms with E-state index in [0.717, 1.165) is 12.7 Å². The van der Waals surface area contributed by atoms with Gasteiger partial charge in [-0.2, -0.15) is 8.78 Å². The van der Waals surface area contributed by atoms with Crippen LogP contribution in [0.5, 0.6) is 0 Å². The Balaban J connectivity index is 1.82. The number of hydrogen-bond acceptors (Lipinski definition) is 4. The van der Waals surface area contributed by atoms with Crippen LogP contribution in [0.15, 0.2) is 78.4 Å². The van der Waals surface area contributed by atoms with E-state index in [1.807, 2.05) is 0 Å². The molecule has 4 rings (SSSR count). The lowest BCUT2D eigenvalue weighted by Gasteiger charge is -2.49. The molecule has 0 spiro atoms. The van der Waals surface area contributed by atoms with Gasteiger partial charge in [-0.3, -0.25) is 9.59 Å². The molecule has 0 radical (unpaired) electrons. The van der Waals surface area contributed by atoms with Crippen molar-refractivity contribution in [1.29, 1.82) is 0 Å². The number of carbonyl (C=O) groups excluding carboxylic acids is 2. The van der Waals surface area contributed by atoms with E-state index in [4.69, 9.17) is 23.2 Å². The average molecular weight is 681 g/mol. The van der Waals surface area contributed by atoms with Gasteiger partial charge >= 0.3 is 0 Å². The molecular formula is C33H37Cl2F2N3O4S. The van der Waals surface area contributed by atoms with Crippen LogP contribution in [-0.4, -0.2) is 55.9 Å². The van der Waals surface area contributed by atoms with Crippen LogP contribution in [0.1, 0.15) is 73.0 Å². The number of sulfonamides is 1. The molecule has 0 saturated heterocycles.